The van der Waals surface area contributed by atoms with Crippen molar-refractivity contribution in [2.75, 3.05) is 21.1 Å². The highest BCUT2D eigenvalue weighted by Crippen LogP contribution is 2.42. The van der Waals surface area contributed by atoms with E-state index in [0.717, 1.165) is 0 Å². The van der Waals surface area contributed by atoms with Crippen molar-refractivity contribution < 1.29 is 38.1 Å². The van der Waals surface area contributed by atoms with Crippen molar-refractivity contribution in [2.24, 2.45) is 11.8 Å². The van der Waals surface area contributed by atoms with Crippen LogP contribution in [0.1, 0.15) is 175 Å². The van der Waals surface area contributed by atoms with Crippen LogP contribution in [0.4, 0.5) is 0 Å². The summed E-state index contributed by atoms with van der Waals surface area (Å²) in [6, 6.07) is 0. The van der Waals surface area contributed by atoms with Crippen LogP contribution in [-0.4, -0.2) is 128 Å². The van der Waals surface area contributed by atoms with Crippen LogP contribution in [0.15, 0.2) is 0 Å². The zero-order chi connectivity index (χ0) is 45.1. The highest BCUT2D eigenvalue weighted by Gasteiger charge is 2.50. The topological polar surface area (TPSA) is 127 Å². The molecular weight excluding hydrogens is 749 g/mol. The van der Waals surface area contributed by atoms with Gasteiger partial charge in [0.05, 0.1) is 24.7 Å². The van der Waals surface area contributed by atoms with Crippen molar-refractivity contribution in [1.82, 2.24) is 20.0 Å². The van der Waals surface area contributed by atoms with Gasteiger partial charge in [0, 0.05) is 95.7 Å². The molecule has 1 N–H and O–H groups in total. The SMILES string of the molecule is CN1C(C)(C)CC(OC(=O)CC(C(=O)OC2CC(C)(C)NC(C)(C)C2)C(CC(=O)OC2CC(C)(C)N(C)C(C)(C)C2)C(=O)OC2CC(C)(C)N(C)C(C)(C)C2)CC1(C)C. The highest BCUT2D eigenvalue weighted by molar-refractivity contribution is 5.88. The van der Waals surface area contributed by atoms with E-state index in [9.17, 15) is 19.2 Å². The van der Waals surface area contributed by atoms with Gasteiger partial charge in [-0.1, -0.05) is 0 Å². The summed E-state index contributed by atoms with van der Waals surface area (Å²) in [6.45, 7) is 33.8. The molecule has 4 heterocycles. The molecule has 4 rings (SSSR count). The quantitative estimate of drug-likeness (QED) is 0.164. The first kappa shape index (κ1) is 49.4. The largest absolute Gasteiger partial charge is 0.462 e. The monoisotopic (exact) mass is 833 g/mol. The lowest BCUT2D eigenvalue weighted by Crippen LogP contribution is -2.61. The van der Waals surface area contributed by atoms with Gasteiger partial charge >= 0.3 is 23.9 Å². The second kappa shape index (κ2) is 16.8. The van der Waals surface area contributed by atoms with E-state index in [1.807, 2.05) is 0 Å². The maximum atomic E-state index is 14.8. The third-order valence-corrected chi connectivity index (χ3v) is 15.0. The number of ether oxygens (including phenoxy) is 4. The Morgan fingerprint density at radius 3 is 0.898 bits per heavy atom. The molecule has 4 aliphatic heterocycles. The number of esters is 4. The summed E-state index contributed by atoms with van der Waals surface area (Å²) in [7, 11) is 6.25. The number of likely N-dealkylation sites (tertiary alicyclic amines) is 3. The molecule has 59 heavy (non-hydrogen) atoms. The van der Waals surface area contributed by atoms with Crippen molar-refractivity contribution in [1.29, 1.82) is 0 Å². The lowest BCUT2D eigenvalue weighted by Gasteiger charge is -2.53. The van der Waals surface area contributed by atoms with Gasteiger partial charge in [0.1, 0.15) is 24.4 Å². The first-order valence-electron chi connectivity index (χ1n) is 22.3. The van der Waals surface area contributed by atoms with Crippen LogP contribution in [0.2, 0.25) is 0 Å². The molecular formula is C47H84N4O8. The summed E-state index contributed by atoms with van der Waals surface area (Å²) in [5.41, 5.74) is -2.24. The van der Waals surface area contributed by atoms with Gasteiger partial charge in [0.2, 0.25) is 0 Å². The van der Waals surface area contributed by atoms with E-state index < -0.39 is 73.0 Å². The van der Waals surface area contributed by atoms with Gasteiger partial charge in [0.25, 0.3) is 0 Å². The smallest absolute Gasteiger partial charge is 0.310 e. The van der Waals surface area contributed by atoms with E-state index in [0.29, 0.717) is 51.4 Å². The first-order valence-corrected chi connectivity index (χ1v) is 22.3. The maximum Gasteiger partial charge on any atom is 0.310 e. The number of piperidine rings is 4. The van der Waals surface area contributed by atoms with Crippen LogP contribution in [0, 0.1) is 11.8 Å². The molecule has 0 amide bonds. The summed E-state index contributed by atoms with van der Waals surface area (Å²) < 4.78 is 25.1. The van der Waals surface area contributed by atoms with Gasteiger partial charge < -0.3 is 24.3 Å². The molecule has 4 saturated heterocycles. The van der Waals surface area contributed by atoms with Crippen molar-refractivity contribution in [3.8, 4) is 0 Å². The van der Waals surface area contributed by atoms with E-state index >= 15 is 0 Å². The van der Waals surface area contributed by atoms with Gasteiger partial charge in [-0.05, 0) is 132 Å². The Hall–Kier alpha value is -2.28. The van der Waals surface area contributed by atoms with E-state index in [1.54, 1.807) is 0 Å². The Bertz CT molecular complexity index is 1490. The van der Waals surface area contributed by atoms with Crippen molar-refractivity contribution in [3.63, 3.8) is 0 Å². The zero-order valence-corrected chi connectivity index (χ0v) is 40.6. The third kappa shape index (κ3) is 12.0. The number of nitrogens with zero attached hydrogens (tertiary/aromatic N) is 3. The molecule has 340 valence electrons. The van der Waals surface area contributed by atoms with Crippen molar-refractivity contribution >= 4 is 23.9 Å². The van der Waals surface area contributed by atoms with Gasteiger partial charge in [-0.25, -0.2) is 0 Å². The molecule has 0 radical (unpaired) electrons. The molecule has 0 spiro atoms. The molecule has 2 unspecified atom stereocenters. The Kier molecular flexibility index (Phi) is 14.0. The average Bonchev–Trinajstić information content (AvgIpc) is 3.00. The molecule has 4 fully saturated rings. The van der Waals surface area contributed by atoms with Crippen LogP contribution in [0.25, 0.3) is 0 Å². The molecule has 0 bridgehead atoms. The lowest BCUT2D eigenvalue weighted by atomic mass is 9.78. The molecule has 0 aliphatic carbocycles. The summed E-state index contributed by atoms with van der Waals surface area (Å²) in [4.78, 5) is 64.8. The zero-order valence-electron chi connectivity index (χ0n) is 40.6. The average molecular weight is 833 g/mol. The second-order valence-electron chi connectivity index (χ2n) is 24.0. The number of carbonyl (C=O) groups excluding carboxylic acids is 4. The Balaban J connectivity index is 1.71. The van der Waals surface area contributed by atoms with Gasteiger partial charge in [-0.3, -0.25) is 33.9 Å². The highest BCUT2D eigenvalue weighted by atomic mass is 16.6. The molecule has 0 aromatic heterocycles. The first-order chi connectivity index (χ1) is 26.5. The fourth-order valence-electron chi connectivity index (χ4n) is 11.5. The van der Waals surface area contributed by atoms with E-state index in [1.165, 1.54) is 0 Å². The van der Waals surface area contributed by atoms with Crippen LogP contribution < -0.4 is 5.32 Å². The summed E-state index contributed by atoms with van der Waals surface area (Å²) in [6.07, 6.45) is 2.00. The standard InChI is InChI=1S/C47H84N4O8/c1-40(2)22-30(23-41(3,4)48-40)58-38(54)34(20-36(52)56-31-24-42(5,6)49(17)43(7,8)25-31)35(39(55)59-33-28-46(13,14)51(19)47(15,16)29-33)21-37(53)57-32-26-44(9,10)50(18)45(11,12)27-32/h30-35,48H,20-29H2,1-19H3. The molecule has 0 saturated carbocycles. The van der Waals surface area contributed by atoms with E-state index in [-0.39, 0.29) is 44.3 Å². The number of hydrogen-bond acceptors (Lipinski definition) is 12. The third-order valence-electron chi connectivity index (χ3n) is 15.0. The predicted molar refractivity (Wildman–Crippen MR) is 232 cm³/mol. The summed E-state index contributed by atoms with van der Waals surface area (Å²) in [5, 5.41) is 3.63. The van der Waals surface area contributed by atoms with E-state index in [2.05, 4.69) is 152 Å². The van der Waals surface area contributed by atoms with E-state index in [4.69, 9.17) is 18.9 Å². The molecule has 12 heteroatoms. The minimum Gasteiger partial charge on any atom is -0.462 e. The number of hydrogen-bond donors (Lipinski definition) is 1. The summed E-state index contributed by atoms with van der Waals surface area (Å²) >= 11 is 0. The van der Waals surface area contributed by atoms with Crippen LogP contribution in [0.5, 0.6) is 0 Å². The Morgan fingerprint density at radius 1 is 0.424 bits per heavy atom. The number of nitrogens with one attached hydrogen (secondary N) is 1. The second-order valence-corrected chi connectivity index (χ2v) is 24.0. The molecule has 4 aliphatic rings. The molecule has 0 aromatic rings. The van der Waals surface area contributed by atoms with Crippen LogP contribution in [0.3, 0.4) is 0 Å². The van der Waals surface area contributed by atoms with Crippen LogP contribution in [-0.2, 0) is 38.1 Å². The Labute approximate surface area is 357 Å². The van der Waals surface area contributed by atoms with Crippen molar-refractivity contribution in [2.45, 2.75) is 244 Å². The lowest BCUT2D eigenvalue weighted by molar-refractivity contribution is -0.181. The molecule has 12 nitrogen and oxygen atoms in total. The van der Waals surface area contributed by atoms with Crippen molar-refractivity contribution in [3.05, 3.63) is 0 Å². The number of carbonyl (C=O) groups is 4. The minimum atomic E-state index is -1.34. The van der Waals surface area contributed by atoms with Gasteiger partial charge in [0.15, 0.2) is 0 Å². The molecule has 0 aromatic carbocycles. The van der Waals surface area contributed by atoms with Gasteiger partial charge in [-0.2, -0.15) is 0 Å². The van der Waals surface area contributed by atoms with Gasteiger partial charge in [-0.15, -0.1) is 0 Å². The minimum absolute atomic E-state index is 0.248. The number of rotatable bonds is 11. The normalized spacial score (nSPS) is 28.2. The fraction of sp³-hybridized carbons (Fsp3) is 0.915. The molecule has 2 atom stereocenters. The Morgan fingerprint density at radius 2 is 0.644 bits per heavy atom. The van der Waals surface area contributed by atoms with Crippen LogP contribution >= 0.6 is 0 Å². The summed E-state index contributed by atoms with van der Waals surface area (Å²) in [5.74, 6) is -5.29. The maximum absolute atomic E-state index is 14.8. The predicted octanol–water partition coefficient (Wildman–Crippen LogP) is 7.44. The fourth-order valence-corrected chi connectivity index (χ4v) is 11.5.